The van der Waals surface area contributed by atoms with Crippen molar-refractivity contribution < 1.29 is 18.7 Å². The largest absolute Gasteiger partial charge is 0.439 e. The van der Waals surface area contributed by atoms with Gasteiger partial charge in [0, 0.05) is 44.5 Å². The number of carbonyl (C=O) groups excluding carboxylic acids is 2. The molecule has 0 spiro atoms. The van der Waals surface area contributed by atoms with E-state index >= 15 is 0 Å². The van der Waals surface area contributed by atoms with Crippen LogP contribution in [-0.4, -0.2) is 59.5 Å². The van der Waals surface area contributed by atoms with E-state index in [0.29, 0.717) is 31.7 Å². The van der Waals surface area contributed by atoms with Gasteiger partial charge in [-0.3, -0.25) is 9.69 Å². The third-order valence-corrected chi connectivity index (χ3v) is 6.24. The van der Waals surface area contributed by atoms with Crippen molar-refractivity contribution in [3.63, 3.8) is 0 Å². The van der Waals surface area contributed by atoms with Crippen LogP contribution in [0.1, 0.15) is 27.6 Å². The summed E-state index contributed by atoms with van der Waals surface area (Å²) in [6, 6.07) is 19.2. The third-order valence-electron chi connectivity index (χ3n) is 6.24. The molecule has 5 rings (SSSR count). The zero-order valence-corrected chi connectivity index (χ0v) is 18.6. The lowest BCUT2D eigenvalue weighted by atomic mass is 10.1. The summed E-state index contributed by atoms with van der Waals surface area (Å²) >= 11 is 0. The molecule has 0 radical (unpaired) electrons. The van der Waals surface area contributed by atoms with E-state index in [1.165, 1.54) is 12.1 Å². The number of benzene rings is 2. The Hall–Kier alpha value is -3.94. The quantitative estimate of drug-likeness (QED) is 0.578. The molecule has 1 unspecified atom stereocenters. The molecular formula is C26H25FN4O3. The number of anilines is 1. The number of amides is 2. The van der Waals surface area contributed by atoms with E-state index in [1.807, 2.05) is 47.4 Å². The van der Waals surface area contributed by atoms with Gasteiger partial charge in [0.25, 0.3) is 5.91 Å². The molecule has 174 valence electrons. The number of ether oxygens (including phenoxy) is 1. The highest BCUT2D eigenvalue weighted by Crippen LogP contribution is 2.27. The zero-order valence-electron chi connectivity index (χ0n) is 18.6. The van der Waals surface area contributed by atoms with Gasteiger partial charge in [-0.15, -0.1) is 0 Å². The van der Waals surface area contributed by atoms with Gasteiger partial charge >= 0.3 is 6.09 Å². The Morgan fingerprint density at radius 1 is 0.971 bits per heavy atom. The van der Waals surface area contributed by atoms with Crippen molar-refractivity contribution in [3.8, 4) is 0 Å². The van der Waals surface area contributed by atoms with E-state index in [9.17, 15) is 14.0 Å². The standard InChI is InChI=1S/C26H25FN4O3/c27-22-10-8-20(9-11-22)23-18-31(26(33)34-23)17-19-4-6-21(7-5-19)25(32)30-15-13-29(14-16-30)24-3-1-2-12-28-24/h1-12,23H,13-18H2. The van der Waals surface area contributed by atoms with Gasteiger partial charge in [0.15, 0.2) is 0 Å². The fourth-order valence-electron chi connectivity index (χ4n) is 4.32. The van der Waals surface area contributed by atoms with E-state index < -0.39 is 12.2 Å². The maximum atomic E-state index is 13.2. The van der Waals surface area contributed by atoms with Crippen LogP contribution in [-0.2, 0) is 11.3 Å². The van der Waals surface area contributed by atoms with Gasteiger partial charge in [0.05, 0.1) is 6.54 Å². The molecule has 2 fully saturated rings. The number of hydrogen-bond acceptors (Lipinski definition) is 5. The predicted molar refractivity (Wildman–Crippen MR) is 125 cm³/mol. The number of hydrogen-bond donors (Lipinski definition) is 0. The second-order valence-electron chi connectivity index (χ2n) is 8.47. The fourth-order valence-corrected chi connectivity index (χ4v) is 4.32. The molecule has 8 heteroatoms. The molecule has 3 aromatic rings. The minimum Gasteiger partial charge on any atom is -0.439 e. The number of aromatic nitrogens is 1. The lowest BCUT2D eigenvalue weighted by molar-refractivity contribution is 0.0746. The van der Waals surface area contributed by atoms with Crippen LogP contribution in [0, 0.1) is 5.82 Å². The van der Waals surface area contributed by atoms with E-state index in [2.05, 4.69) is 9.88 Å². The first kappa shape index (κ1) is 21.9. The average molecular weight is 461 g/mol. The van der Waals surface area contributed by atoms with Gasteiger partial charge in [-0.25, -0.2) is 14.2 Å². The van der Waals surface area contributed by atoms with Crippen molar-refractivity contribution in [2.75, 3.05) is 37.6 Å². The SMILES string of the molecule is O=C1OC(c2ccc(F)cc2)CN1Cc1ccc(C(=O)N2CCN(c3ccccn3)CC2)cc1. The summed E-state index contributed by atoms with van der Waals surface area (Å²) in [5.41, 5.74) is 2.30. The Labute approximate surface area is 197 Å². The highest BCUT2D eigenvalue weighted by atomic mass is 19.1. The third kappa shape index (κ3) is 4.71. The fraction of sp³-hybridized carbons (Fsp3) is 0.269. The second kappa shape index (κ2) is 9.51. The normalized spacial score (nSPS) is 18.2. The van der Waals surface area contributed by atoms with Crippen LogP contribution < -0.4 is 4.90 Å². The number of rotatable bonds is 5. The second-order valence-corrected chi connectivity index (χ2v) is 8.47. The van der Waals surface area contributed by atoms with Gasteiger partial charge in [-0.2, -0.15) is 0 Å². The van der Waals surface area contributed by atoms with Crippen LogP contribution in [0.25, 0.3) is 0 Å². The Balaban J connectivity index is 1.16. The first-order chi connectivity index (χ1) is 16.6. The number of nitrogens with zero attached hydrogens (tertiary/aromatic N) is 4. The molecule has 3 heterocycles. The van der Waals surface area contributed by atoms with Crippen LogP contribution in [0.15, 0.2) is 72.9 Å². The van der Waals surface area contributed by atoms with Gasteiger partial charge in [-0.1, -0.05) is 30.3 Å². The summed E-state index contributed by atoms with van der Waals surface area (Å²) in [5, 5.41) is 0. The molecule has 2 aromatic carbocycles. The van der Waals surface area contributed by atoms with Gasteiger partial charge in [-0.05, 0) is 47.5 Å². The monoisotopic (exact) mass is 460 g/mol. The molecular weight excluding hydrogens is 435 g/mol. The molecule has 7 nitrogen and oxygen atoms in total. The highest BCUT2D eigenvalue weighted by molar-refractivity contribution is 5.94. The summed E-state index contributed by atoms with van der Waals surface area (Å²) in [7, 11) is 0. The number of pyridine rings is 1. The summed E-state index contributed by atoms with van der Waals surface area (Å²) < 4.78 is 18.6. The molecule has 2 saturated heterocycles. The molecule has 2 amide bonds. The Bertz CT molecular complexity index is 1150. The molecule has 0 bridgehead atoms. The topological polar surface area (TPSA) is 66.0 Å². The summed E-state index contributed by atoms with van der Waals surface area (Å²) in [5.74, 6) is 0.611. The van der Waals surface area contributed by atoms with Crippen molar-refractivity contribution in [3.05, 3.63) is 95.4 Å². The van der Waals surface area contributed by atoms with Crippen molar-refractivity contribution in [1.82, 2.24) is 14.8 Å². The lowest BCUT2D eigenvalue weighted by Gasteiger charge is -2.35. The van der Waals surface area contributed by atoms with Crippen molar-refractivity contribution >= 4 is 17.8 Å². The smallest absolute Gasteiger partial charge is 0.410 e. The maximum absolute atomic E-state index is 13.2. The molecule has 1 atom stereocenters. The Morgan fingerprint density at radius 2 is 1.71 bits per heavy atom. The minimum atomic E-state index is -0.418. The minimum absolute atomic E-state index is 0.00387. The number of carbonyl (C=O) groups is 2. The average Bonchev–Trinajstić information content (AvgIpc) is 3.25. The molecule has 34 heavy (non-hydrogen) atoms. The molecule has 0 aliphatic carbocycles. The van der Waals surface area contributed by atoms with E-state index in [-0.39, 0.29) is 11.7 Å². The van der Waals surface area contributed by atoms with Crippen LogP contribution in [0.3, 0.4) is 0 Å². The molecule has 2 aliphatic rings. The van der Waals surface area contributed by atoms with Crippen molar-refractivity contribution in [1.29, 1.82) is 0 Å². The molecule has 0 saturated carbocycles. The van der Waals surface area contributed by atoms with Gasteiger partial charge in [0.1, 0.15) is 17.7 Å². The maximum Gasteiger partial charge on any atom is 0.410 e. The molecule has 1 aromatic heterocycles. The first-order valence-corrected chi connectivity index (χ1v) is 11.3. The first-order valence-electron chi connectivity index (χ1n) is 11.3. The Kier molecular flexibility index (Phi) is 6.12. The number of halogens is 1. The van der Waals surface area contributed by atoms with Gasteiger partial charge < -0.3 is 14.5 Å². The lowest BCUT2D eigenvalue weighted by Crippen LogP contribution is -2.49. The molecule has 0 N–H and O–H groups in total. The summed E-state index contributed by atoms with van der Waals surface area (Å²) in [6.07, 6.45) is 0.957. The Morgan fingerprint density at radius 3 is 2.38 bits per heavy atom. The summed E-state index contributed by atoms with van der Waals surface area (Å²) in [4.78, 5) is 35.3. The van der Waals surface area contributed by atoms with Crippen LogP contribution in [0.2, 0.25) is 0 Å². The van der Waals surface area contributed by atoms with Crippen LogP contribution in [0.4, 0.5) is 15.0 Å². The van der Waals surface area contributed by atoms with E-state index in [1.54, 1.807) is 23.2 Å². The van der Waals surface area contributed by atoms with E-state index in [0.717, 1.165) is 30.0 Å². The van der Waals surface area contributed by atoms with Crippen LogP contribution in [0.5, 0.6) is 0 Å². The predicted octanol–water partition coefficient (Wildman–Crippen LogP) is 3.88. The molecule has 2 aliphatic heterocycles. The zero-order chi connectivity index (χ0) is 23.5. The highest BCUT2D eigenvalue weighted by Gasteiger charge is 2.32. The summed E-state index contributed by atoms with van der Waals surface area (Å²) in [6.45, 7) is 3.54. The van der Waals surface area contributed by atoms with E-state index in [4.69, 9.17) is 4.74 Å². The number of piperazine rings is 1. The van der Waals surface area contributed by atoms with Crippen molar-refractivity contribution in [2.24, 2.45) is 0 Å². The van der Waals surface area contributed by atoms with Crippen LogP contribution >= 0.6 is 0 Å². The van der Waals surface area contributed by atoms with Gasteiger partial charge in [0.2, 0.25) is 0 Å². The number of cyclic esters (lactones) is 1. The van der Waals surface area contributed by atoms with Crippen molar-refractivity contribution in [2.45, 2.75) is 12.6 Å².